The molecular weight excluding hydrogens is 322 g/mol. The second-order valence-corrected chi connectivity index (χ2v) is 6.54. The summed E-state index contributed by atoms with van der Waals surface area (Å²) in [4.78, 5) is 31.8. The lowest BCUT2D eigenvalue weighted by Crippen LogP contribution is -2.31. The molecule has 1 aliphatic rings. The van der Waals surface area contributed by atoms with Crippen LogP contribution in [0.25, 0.3) is 10.8 Å². The second-order valence-electron chi connectivity index (χ2n) is 5.75. The van der Waals surface area contributed by atoms with Crippen LogP contribution in [0, 0.1) is 0 Å². The molecule has 0 radical (unpaired) electrons. The number of carbonyl (C=O) groups is 1. The molecule has 0 fully saturated rings. The lowest BCUT2D eigenvalue weighted by atomic mass is 9.86. The third kappa shape index (κ3) is 2.49. The van der Waals surface area contributed by atoms with E-state index in [2.05, 4.69) is 15.3 Å². The van der Waals surface area contributed by atoms with Gasteiger partial charge in [-0.2, -0.15) is 0 Å². The van der Waals surface area contributed by atoms with Crippen LogP contribution < -0.4 is 10.9 Å². The highest BCUT2D eigenvalue weighted by atomic mass is 32.2. The Bertz CT molecular complexity index is 1010. The quantitative estimate of drug-likeness (QED) is 0.556. The van der Waals surface area contributed by atoms with Crippen molar-refractivity contribution in [2.75, 3.05) is 11.6 Å². The molecule has 6 heteroatoms. The van der Waals surface area contributed by atoms with E-state index in [1.54, 1.807) is 0 Å². The number of thioether (sulfide) groups is 1. The molecule has 1 unspecified atom stereocenters. The summed E-state index contributed by atoms with van der Waals surface area (Å²) < 4.78 is 0. The van der Waals surface area contributed by atoms with Crippen LogP contribution in [-0.4, -0.2) is 22.1 Å². The van der Waals surface area contributed by atoms with Gasteiger partial charge in [-0.05, 0) is 22.6 Å². The molecule has 0 spiro atoms. The van der Waals surface area contributed by atoms with Crippen LogP contribution in [0.4, 0.5) is 5.82 Å². The molecule has 1 aliphatic heterocycles. The molecule has 0 bridgehead atoms. The van der Waals surface area contributed by atoms with Crippen molar-refractivity contribution in [3.8, 4) is 0 Å². The van der Waals surface area contributed by atoms with Gasteiger partial charge in [0.25, 0.3) is 5.56 Å². The molecule has 5 nitrogen and oxygen atoms in total. The van der Waals surface area contributed by atoms with Crippen molar-refractivity contribution in [2.24, 2.45) is 0 Å². The van der Waals surface area contributed by atoms with Crippen molar-refractivity contribution in [2.45, 2.75) is 17.5 Å². The number of hydrogen-bond donors (Lipinski definition) is 2. The van der Waals surface area contributed by atoms with E-state index < -0.39 is 0 Å². The number of nitrogens with zero attached hydrogens (tertiary/aromatic N) is 1. The van der Waals surface area contributed by atoms with E-state index >= 15 is 0 Å². The van der Waals surface area contributed by atoms with Crippen molar-refractivity contribution in [3.63, 3.8) is 0 Å². The molecule has 120 valence electrons. The number of carbonyl (C=O) groups excluding carboxylic acids is 1. The molecule has 1 atom stereocenters. The average molecular weight is 337 g/mol. The number of aromatic nitrogens is 2. The summed E-state index contributed by atoms with van der Waals surface area (Å²) in [6.45, 7) is 0. The van der Waals surface area contributed by atoms with Gasteiger partial charge < -0.3 is 10.3 Å². The predicted octanol–water partition coefficient (Wildman–Crippen LogP) is 3.12. The first kappa shape index (κ1) is 15.0. The van der Waals surface area contributed by atoms with E-state index in [9.17, 15) is 9.59 Å². The Balaban J connectivity index is 1.89. The topological polar surface area (TPSA) is 74.8 Å². The number of anilines is 1. The maximum atomic E-state index is 12.5. The Hall–Kier alpha value is -2.60. The first-order valence-electron chi connectivity index (χ1n) is 7.62. The highest BCUT2D eigenvalue weighted by molar-refractivity contribution is 7.98. The summed E-state index contributed by atoms with van der Waals surface area (Å²) in [5.41, 5.74) is 1.29. The van der Waals surface area contributed by atoms with Gasteiger partial charge in [0.15, 0.2) is 5.16 Å². The highest BCUT2D eigenvalue weighted by Crippen LogP contribution is 2.35. The Kier molecular flexibility index (Phi) is 3.61. The van der Waals surface area contributed by atoms with Crippen LogP contribution in [0.3, 0.4) is 0 Å². The van der Waals surface area contributed by atoms with Gasteiger partial charge >= 0.3 is 0 Å². The van der Waals surface area contributed by atoms with E-state index in [1.165, 1.54) is 11.8 Å². The molecule has 0 saturated heterocycles. The van der Waals surface area contributed by atoms with Crippen LogP contribution in [0.2, 0.25) is 0 Å². The third-order valence-corrected chi connectivity index (χ3v) is 4.88. The average Bonchev–Trinajstić information content (AvgIpc) is 2.60. The van der Waals surface area contributed by atoms with Gasteiger partial charge in [0, 0.05) is 12.3 Å². The number of fused-ring (bicyclic) bond motifs is 2. The minimum atomic E-state index is -0.287. The summed E-state index contributed by atoms with van der Waals surface area (Å²) in [7, 11) is 0. The maximum Gasteiger partial charge on any atom is 0.257 e. The largest absolute Gasteiger partial charge is 0.310 e. The fourth-order valence-corrected chi connectivity index (χ4v) is 3.53. The standard InChI is InChI=1S/C18H15N3O2S/c1-24-18-20-16-15(17(23)21-18)13(9-14(22)19-16)12-7-6-10-4-2-3-5-11(10)8-12/h2-8,13H,9H2,1H3,(H2,19,20,21,22,23). The number of benzene rings is 2. The zero-order chi connectivity index (χ0) is 16.7. The molecule has 1 amide bonds. The molecule has 2 heterocycles. The zero-order valence-corrected chi connectivity index (χ0v) is 13.8. The number of amides is 1. The van der Waals surface area contributed by atoms with Crippen molar-refractivity contribution in [1.82, 2.24) is 9.97 Å². The third-order valence-electron chi connectivity index (χ3n) is 4.30. The lowest BCUT2D eigenvalue weighted by Gasteiger charge is -2.24. The summed E-state index contributed by atoms with van der Waals surface area (Å²) in [6.07, 6.45) is 2.07. The molecular formula is C18H15N3O2S. The van der Waals surface area contributed by atoms with E-state index in [4.69, 9.17) is 0 Å². The summed E-state index contributed by atoms with van der Waals surface area (Å²) in [5.74, 6) is -0.0335. The molecule has 0 aliphatic carbocycles. The van der Waals surface area contributed by atoms with Gasteiger partial charge in [-0.25, -0.2) is 4.98 Å². The molecule has 24 heavy (non-hydrogen) atoms. The fourth-order valence-electron chi connectivity index (χ4n) is 3.16. The molecule has 4 rings (SSSR count). The Labute approximate surface area is 142 Å². The van der Waals surface area contributed by atoms with Gasteiger partial charge in [-0.15, -0.1) is 0 Å². The predicted molar refractivity (Wildman–Crippen MR) is 95.7 cm³/mol. The summed E-state index contributed by atoms with van der Waals surface area (Å²) in [5, 5.41) is 5.45. The summed E-state index contributed by atoms with van der Waals surface area (Å²) >= 11 is 1.34. The number of nitrogens with one attached hydrogen (secondary N) is 2. The minimum Gasteiger partial charge on any atom is -0.310 e. The first-order valence-corrected chi connectivity index (χ1v) is 8.85. The summed E-state index contributed by atoms with van der Waals surface area (Å²) in [6, 6.07) is 14.1. The van der Waals surface area contributed by atoms with Gasteiger partial charge in [-0.3, -0.25) is 9.59 Å². The van der Waals surface area contributed by atoms with E-state index in [-0.39, 0.29) is 23.8 Å². The smallest absolute Gasteiger partial charge is 0.257 e. The fraction of sp³-hybridized carbons (Fsp3) is 0.167. The van der Waals surface area contributed by atoms with Crippen LogP contribution in [0.1, 0.15) is 23.5 Å². The van der Waals surface area contributed by atoms with Crippen LogP contribution >= 0.6 is 11.8 Å². The van der Waals surface area contributed by atoms with Crippen molar-refractivity contribution < 1.29 is 4.79 Å². The number of aromatic amines is 1. The monoisotopic (exact) mass is 337 g/mol. The number of H-pyrrole nitrogens is 1. The maximum absolute atomic E-state index is 12.5. The SMILES string of the molecule is CSc1nc2c(c(=O)[nH]1)C(c1ccc3ccccc3c1)CC(=O)N2. The minimum absolute atomic E-state index is 0.120. The molecule has 1 aromatic heterocycles. The van der Waals surface area contributed by atoms with E-state index in [0.717, 1.165) is 16.3 Å². The highest BCUT2D eigenvalue weighted by Gasteiger charge is 2.30. The van der Waals surface area contributed by atoms with Gasteiger partial charge in [-0.1, -0.05) is 54.2 Å². The normalized spacial score (nSPS) is 16.7. The molecule has 3 aromatic rings. The Morgan fingerprint density at radius 2 is 1.92 bits per heavy atom. The van der Waals surface area contributed by atoms with Gasteiger partial charge in [0.05, 0.1) is 5.56 Å². The Morgan fingerprint density at radius 1 is 1.12 bits per heavy atom. The Morgan fingerprint density at radius 3 is 2.71 bits per heavy atom. The molecule has 2 aromatic carbocycles. The van der Waals surface area contributed by atoms with Gasteiger partial charge in [0.1, 0.15) is 5.82 Å². The molecule has 2 N–H and O–H groups in total. The second kappa shape index (κ2) is 5.79. The van der Waals surface area contributed by atoms with Crippen LogP contribution in [0.5, 0.6) is 0 Å². The van der Waals surface area contributed by atoms with Crippen molar-refractivity contribution in [3.05, 3.63) is 63.9 Å². The van der Waals surface area contributed by atoms with E-state index in [0.29, 0.717) is 16.5 Å². The van der Waals surface area contributed by atoms with Crippen LogP contribution in [-0.2, 0) is 4.79 Å². The first-order chi connectivity index (χ1) is 11.7. The van der Waals surface area contributed by atoms with Crippen LogP contribution in [0.15, 0.2) is 52.4 Å². The number of hydrogen-bond acceptors (Lipinski definition) is 4. The molecule has 0 saturated carbocycles. The lowest BCUT2D eigenvalue weighted by molar-refractivity contribution is -0.116. The van der Waals surface area contributed by atoms with Crippen molar-refractivity contribution in [1.29, 1.82) is 0 Å². The number of rotatable bonds is 2. The zero-order valence-electron chi connectivity index (χ0n) is 13.0. The van der Waals surface area contributed by atoms with Gasteiger partial charge in [0.2, 0.25) is 5.91 Å². The van der Waals surface area contributed by atoms with Crippen molar-refractivity contribution >= 4 is 34.3 Å². The van der Waals surface area contributed by atoms with E-state index in [1.807, 2.05) is 48.7 Å².